The molecule has 0 radical (unpaired) electrons. The average Bonchev–Trinajstić information content (AvgIpc) is 3.63. The Hall–Kier alpha value is 0.114. The zero-order chi connectivity index (χ0) is 22.3. The lowest BCUT2D eigenvalue weighted by Crippen LogP contribution is -2.38. The summed E-state index contributed by atoms with van der Waals surface area (Å²) in [6, 6.07) is 1.98. The quantitative estimate of drug-likeness (QED) is 0.172. The van der Waals surface area contributed by atoms with E-state index in [0.717, 1.165) is 77.8 Å². The zero-order valence-corrected chi connectivity index (χ0v) is 21.9. The summed E-state index contributed by atoms with van der Waals surface area (Å²) in [4.78, 5) is 0. The summed E-state index contributed by atoms with van der Waals surface area (Å²) >= 11 is 0. The summed E-state index contributed by atoms with van der Waals surface area (Å²) in [6.45, 7) is 14.5. The first-order valence-corrected chi connectivity index (χ1v) is 16.2. The zero-order valence-electron chi connectivity index (χ0n) is 19.9. The minimum Gasteiger partial charge on any atom is -0.398 e. The predicted octanol–water partition coefficient (Wildman–Crippen LogP) is 3.09. The number of hydrogen-bond acceptors (Lipinski definition) is 8. The molecule has 0 aromatic heterocycles. The molecule has 0 aromatic rings. The molecule has 0 aromatic carbocycles. The van der Waals surface area contributed by atoms with Crippen molar-refractivity contribution in [1.82, 2.24) is 0 Å². The lowest BCUT2D eigenvalue weighted by Gasteiger charge is -2.25. The van der Waals surface area contributed by atoms with Gasteiger partial charge in [-0.2, -0.15) is 0 Å². The van der Waals surface area contributed by atoms with Crippen LogP contribution >= 0.6 is 0 Å². The van der Waals surface area contributed by atoms with Crippen LogP contribution in [0.2, 0.25) is 25.2 Å². The van der Waals surface area contributed by atoms with Crippen molar-refractivity contribution in [2.75, 3.05) is 67.1 Å². The van der Waals surface area contributed by atoms with E-state index in [1.165, 1.54) is 0 Å². The second-order valence-corrected chi connectivity index (χ2v) is 14.7. The van der Waals surface area contributed by atoms with E-state index in [0.29, 0.717) is 12.2 Å². The highest BCUT2D eigenvalue weighted by Gasteiger charge is 2.30. The van der Waals surface area contributed by atoms with Crippen molar-refractivity contribution < 1.29 is 36.7 Å². The molecule has 8 nitrogen and oxygen atoms in total. The fraction of sp³-hybridized carbons (Fsp3) is 1.00. The molecular weight excluding hydrogens is 424 g/mol. The highest BCUT2D eigenvalue weighted by Crippen LogP contribution is 2.17. The predicted molar refractivity (Wildman–Crippen MR) is 120 cm³/mol. The Morgan fingerprint density at radius 2 is 1.13 bits per heavy atom. The third-order valence-corrected chi connectivity index (χ3v) is 11.1. The van der Waals surface area contributed by atoms with E-state index in [9.17, 15) is 0 Å². The molecule has 0 bridgehead atoms. The molecule has 2 aliphatic rings. The van der Waals surface area contributed by atoms with Crippen LogP contribution in [0.3, 0.4) is 0 Å². The Bertz CT molecular complexity index is 412. The van der Waals surface area contributed by atoms with Gasteiger partial charge in [0.1, 0.15) is 12.2 Å². The van der Waals surface area contributed by atoms with Crippen LogP contribution in [0, 0.1) is 0 Å². The maximum atomic E-state index is 5.75. The van der Waals surface area contributed by atoms with Crippen molar-refractivity contribution in [2.24, 2.45) is 0 Å². The molecule has 2 aliphatic heterocycles. The van der Waals surface area contributed by atoms with E-state index in [4.69, 9.17) is 36.7 Å². The van der Waals surface area contributed by atoms with Crippen molar-refractivity contribution in [1.29, 1.82) is 0 Å². The monoisotopic (exact) mass is 468 g/mol. The summed E-state index contributed by atoms with van der Waals surface area (Å²) in [5.41, 5.74) is 0. The average molecular weight is 469 g/mol. The highest BCUT2D eigenvalue weighted by atomic mass is 28.4. The minimum atomic E-state index is -1.92. The molecule has 2 unspecified atom stereocenters. The van der Waals surface area contributed by atoms with Crippen LogP contribution in [0.25, 0.3) is 0 Å². The topological polar surface area (TPSA) is 80.4 Å². The summed E-state index contributed by atoms with van der Waals surface area (Å²) in [5, 5.41) is 0. The van der Waals surface area contributed by atoms with Gasteiger partial charge in [-0.3, -0.25) is 0 Å². The Labute approximate surface area is 185 Å². The van der Waals surface area contributed by atoms with Crippen molar-refractivity contribution in [2.45, 2.75) is 64.1 Å². The van der Waals surface area contributed by atoms with Crippen LogP contribution in [-0.4, -0.2) is 96.4 Å². The SMILES string of the molecule is CCO[Si](C)(CCCOCC1CO1)OCC.CO[Si](C)(CCCOCC1CO1)OC. The van der Waals surface area contributed by atoms with E-state index in [1.807, 2.05) is 13.8 Å². The van der Waals surface area contributed by atoms with Crippen LogP contribution in [-0.2, 0) is 36.7 Å². The van der Waals surface area contributed by atoms with Crippen LogP contribution in [0.5, 0.6) is 0 Å². The van der Waals surface area contributed by atoms with Gasteiger partial charge >= 0.3 is 17.1 Å². The summed E-state index contributed by atoms with van der Waals surface area (Å²) in [6.07, 6.45) is 2.73. The van der Waals surface area contributed by atoms with Crippen LogP contribution < -0.4 is 0 Å². The van der Waals surface area contributed by atoms with Crippen molar-refractivity contribution in [3.63, 3.8) is 0 Å². The highest BCUT2D eigenvalue weighted by molar-refractivity contribution is 6.66. The molecule has 0 aliphatic carbocycles. The van der Waals surface area contributed by atoms with Crippen LogP contribution in [0.1, 0.15) is 26.7 Å². The summed E-state index contributed by atoms with van der Waals surface area (Å²) in [7, 11) is -0.359. The van der Waals surface area contributed by atoms with Gasteiger partial charge in [-0.25, -0.2) is 0 Å². The first-order chi connectivity index (χ1) is 14.4. The Morgan fingerprint density at radius 3 is 1.47 bits per heavy atom. The van der Waals surface area contributed by atoms with Gasteiger partial charge in [0.2, 0.25) is 0 Å². The smallest absolute Gasteiger partial charge is 0.334 e. The number of rotatable bonds is 18. The van der Waals surface area contributed by atoms with Gasteiger partial charge in [-0.15, -0.1) is 0 Å². The molecule has 2 atom stereocenters. The second-order valence-electron chi connectivity index (χ2n) is 7.81. The summed E-state index contributed by atoms with van der Waals surface area (Å²) in [5.74, 6) is 0. The maximum absolute atomic E-state index is 5.75. The van der Waals surface area contributed by atoms with E-state index in [-0.39, 0.29) is 0 Å². The molecule has 2 saturated heterocycles. The minimum absolute atomic E-state index is 0.363. The van der Waals surface area contributed by atoms with Gasteiger partial charge in [-0.1, -0.05) is 0 Å². The number of hydrogen-bond donors (Lipinski definition) is 0. The molecule has 2 heterocycles. The Morgan fingerprint density at radius 1 is 0.733 bits per heavy atom. The number of ether oxygens (including phenoxy) is 4. The molecule has 2 rings (SSSR count). The number of epoxide rings is 2. The van der Waals surface area contributed by atoms with Gasteiger partial charge in [0, 0.05) is 40.6 Å². The second kappa shape index (κ2) is 15.8. The van der Waals surface area contributed by atoms with Gasteiger partial charge in [0.25, 0.3) is 0 Å². The molecular formula is C20H44O8Si2. The molecule has 2 fully saturated rings. The van der Waals surface area contributed by atoms with E-state index >= 15 is 0 Å². The molecule has 0 saturated carbocycles. The fourth-order valence-corrected chi connectivity index (χ4v) is 6.57. The standard InChI is InChI=1S/C11H24O4Si.C9H20O4Si/c1-4-14-16(3,15-5-2)8-6-7-12-9-11-10-13-11;1-10-14(3,11-2)6-4-5-12-7-9-8-13-9/h11H,4-10H2,1-3H3;9H,4-8H2,1-3H3. The largest absolute Gasteiger partial charge is 0.398 e. The third kappa shape index (κ3) is 14.2. The molecule has 10 heteroatoms. The van der Waals surface area contributed by atoms with Gasteiger partial charge < -0.3 is 36.7 Å². The molecule has 0 N–H and O–H groups in total. The first kappa shape index (κ1) is 28.1. The van der Waals surface area contributed by atoms with Gasteiger partial charge in [0.05, 0.1) is 26.4 Å². The maximum Gasteiger partial charge on any atom is 0.334 e. The third-order valence-electron chi connectivity index (χ3n) is 5.01. The van der Waals surface area contributed by atoms with Gasteiger partial charge in [0.15, 0.2) is 0 Å². The molecule has 30 heavy (non-hydrogen) atoms. The van der Waals surface area contributed by atoms with Crippen molar-refractivity contribution >= 4 is 17.1 Å². The van der Waals surface area contributed by atoms with E-state index in [2.05, 4.69) is 13.1 Å². The molecule has 0 amide bonds. The van der Waals surface area contributed by atoms with Crippen LogP contribution in [0.4, 0.5) is 0 Å². The van der Waals surface area contributed by atoms with E-state index in [1.54, 1.807) is 14.2 Å². The first-order valence-electron chi connectivity index (χ1n) is 11.2. The molecule has 180 valence electrons. The fourth-order valence-electron chi connectivity index (χ4n) is 2.83. The van der Waals surface area contributed by atoms with E-state index < -0.39 is 17.1 Å². The van der Waals surface area contributed by atoms with Crippen LogP contribution in [0.15, 0.2) is 0 Å². The van der Waals surface area contributed by atoms with Crippen molar-refractivity contribution in [3.8, 4) is 0 Å². The summed E-state index contributed by atoms with van der Waals surface area (Å²) < 4.78 is 43.2. The Kier molecular flexibility index (Phi) is 14.9. The Balaban J connectivity index is 0.000000303. The molecule has 0 spiro atoms. The lowest BCUT2D eigenvalue weighted by molar-refractivity contribution is 0.113. The van der Waals surface area contributed by atoms with Crippen molar-refractivity contribution in [3.05, 3.63) is 0 Å². The van der Waals surface area contributed by atoms with Gasteiger partial charge in [-0.05, 0) is 51.9 Å². The normalized spacial score (nSPS) is 20.6. The lowest BCUT2D eigenvalue weighted by atomic mass is 10.5.